The van der Waals surface area contributed by atoms with Crippen LogP contribution in [0.15, 0.2) is 48.5 Å². The van der Waals surface area contributed by atoms with Crippen LogP contribution in [0.25, 0.3) is 0 Å². The number of nitrogens with one attached hydrogen (secondary N) is 3. The molecule has 2 aromatic rings. The second-order valence-electron chi connectivity index (χ2n) is 5.56. The number of carbonyl (C=O) groups is 1. The molecule has 0 spiro atoms. The van der Waals surface area contributed by atoms with Crippen LogP contribution >= 0.6 is 12.2 Å². The lowest BCUT2D eigenvalue weighted by molar-refractivity contribution is -0.384. The monoisotopic (exact) mass is 387 g/mol. The summed E-state index contributed by atoms with van der Waals surface area (Å²) in [6, 6.07) is 13.1. The number of carbonyl (C=O) groups excluding carboxylic acids is 1. The average molecular weight is 387 g/mol. The summed E-state index contributed by atoms with van der Waals surface area (Å²) in [5.41, 5.74) is 7.22. The Labute approximate surface area is 162 Å². The van der Waals surface area contributed by atoms with Crippen LogP contribution in [0.2, 0.25) is 0 Å². The number of hydrazine groups is 1. The number of hydrogen-bond donors (Lipinski definition) is 3. The Hall–Kier alpha value is -3.20. The molecule has 0 aliphatic heterocycles. The minimum Gasteiger partial charge on any atom is -0.372 e. The van der Waals surface area contributed by atoms with E-state index in [0.717, 1.165) is 18.8 Å². The molecule has 0 radical (unpaired) electrons. The largest absolute Gasteiger partial charge is 0.372 e. The molecule has 0 fully saturated rings. The molecule has 1 amide bonds. The van der Waals surface area contributed by atoms with Crippen molar-refractivity contribution in [1.82, 2.24) is 10.9 Å². The summed E-state index contributed by atoms with van der Waals surface area (Å²) in [4.78, 5) is 24.5. The number of nitrogens with zero attached hydrogens (tertiary/aromatic N) is 2. The average Bonchev–Trinajstić information content (AvgIpc) is 2.68. The van der Waals surface area contributed by atoms with Crippen molar-refractivity contribution in [3.63, 3.8) is 0 Å². The van der Waals surface area contributed by atoms with Crippen molar-refractivity contribution in [2.45, 2.75) is 13.8 Å². The third-order valence-electron chi connectivity index (χ3n) is 3.88. The molecule has 0 aromatic heterocycles. The zero-order valence-corrected chi connectivity index (χ0v) is 15.9. The van der Waals surface area contributed by atoms with E-state index < -0.39 is 4.92 Å². The molecule has 142 valence electrons. The number of anilines is 2. The zero-order chi connectivity index (χ0) is 19.8. The van der Waals surface area contributed by atoms with Gasteiger partial charge < -0.3 is 10.2 Å². The van der Waals surface area contributed by atoms with Gasteiger partial charge in [0.2, 0.25) is 0 Å². The maximum absolute atomic E-state index is 12.2. The standard InChI is InChI=1S/C18H21N5O3S/c1-3-22(4-2)15-9-5-13(6-10-15)17(24)20-21-18(27)19-14-7-11-16(12-8-14)23(25)26/h5-12H,3-4H2,1-2H3,(H,20,24)(H2,19,21,27). The molecule has 3 N–H and O–H groups in total. The molecule has 0 bridgehead atoms. The maximum Gasteiger partial charge on any atom is 0.269 e. The lowest BCUT2D eigenvalue weighted by Gasteiger charge is -2.21. The van der Waals surface area contributed by atoms with Crippen LogP contribution in [0.1, 0.15) is 24.2 Å². The number of benzene rings is 2. The highest BCUT2D eigenvalue weighted by Crippen LogP contribution is 2.16. The molecule has 8 nitrogen and oxygen atoms in total. The molecule has 0 saturated carbocycles. The van der Waals surface area contributed by atoms with Crippen LogP contribution in [-0.4, -0.2) is 29.0 Å². The van der Waals surface area contributed by atoms with E-state index in [2.05, 4.69) is 34.9 Å². The predicted octanol–water partition coefficient (Wildman–Crippen LogP) is 3.07. The number of thiocarbonyl (C=S) groups is 1. The SMILES string of the molecule is CCN(CC)c1ccc(C(=O)NNC(=S)Nc2ccc([N+](=O)[O-])cc2)cc1. The van der Waals surface area contributed by atoms with Crippen molar-refractivity contribution < 1.29 is 9.72 Å². The van der Waals surface area contributed by atoms with Crippen LogP contribution in [0, 0.1) is 10.1 Å². The number of non-ortho nitro benzene ring substituents is 1. The number of nitro groups is 1. The second kappa shape index (κ2) is 9.48. The predicted molar refractivity (Wildman–Crippen MR) is 110 cm³/mol. The second-order valence-corrected chi connectivity index (χ2v) is 5.96. The van der Waals surface area contributed by atoms with Gasteiger partial charge in [-0.1, -0.05) is 0 Å². The number of nitro benzene ring substituents is 1. The first-order chi connectivity index (χ1) is 12.9. The van der Waals surface area contributed by atoms with Crippen LogP contribution in [0.3, 0.4) is 0 Å². The van der Waals surface area contributed by atoms with Gasteiger partial charge in [0.15, 0.2) is 5.11 Å². The quantitative estimate of drug-likeness (QED) is 0.398. The van der Waals surface area contributed by atoms with Crippen LogP contribution in [0.4, 0.5) is 17.1 Å². The highest BCUT2D eigenvalue weighted by Gasteiger charge is 2.08. The summed E-state index contributed by atoms with van der Waals surface area (Å²) >= 11 is 5.10. The maximum atomic E-state index is 12.2. The Bertz CT molecular complexity index is 805. The molecule has 0 atom stereocenters. The molecule has 0 aliphatic carbocycles. The van der Waals surface area contributed by atoms with Crippen molar-refractivity contribution in [2.24, 2.45) is 0 Å². The Morgan fingerprint density at radius 3 is 2.15 bits per heavy atom. The molecule has 0 saturated heterocycles. The first kappa shape index (κ1) is 20.1. The van der Waals surface area contributed by atoms with E-state index in [1.807, 2.05) is 12.1 Å². The van der Waals surface area contributed by atoms with Gasteiger partial charge in [-0.05, 0) is 62.5 Å². The van der Waals surface area contributed by atoms with E-state index >= 15 is 0 Å². The highest BCUT2D eigenvalue weighted by atomic mass is 32.1. The van der Waals surface area contributed by atoms with E-state index in [0.29, 0.717) is 11.3 Å². The third kappa shape index (κ3) is 5.65. The van der Waals surface area contributed by atoms with Crippen molar-refractivity contribution >= 4 is 40.3 Å². The summed E-state index contributed by atoms with van der Waals surface area (Å²) < 4.78 is 0. The first-order valence-corrected chi connectivity index (χ1v) is 8.82. The number of amides is 1. The minimum atomic E-state index is -0.480. The fourth-order valence-electron chi connectivity index (χ4n) is 2.43. The van der Waals surface area contributed by atoms with Gasteiger partial charge in [0.1, 0.15) is 0 Å². The Morgan fingerprint density at radius 1 is 1.04 bits per heavy atom. The smallest absolute Gasteiger partial charge is 0.269 e. The van der Waals surface area contributed by atoms with Crippen molar-refractivity contribution in [3.05, 3.63) is 64.2 Å². The summed E-state index contributed by atoms with van der Waals surface area (Å²) in [5, 5.41) is 13.6. The van der Waals surface area contributed by atoms with Gasteiger partial charge in [-0.15, -0.1) is 0 Å². The Morgan fingerprint density at radius 2 is 1.63 bits per heavy atom. The van der Waals surface area contributed by atoms with Gasteiger partial charge in [-0.25, -0.2) is 0 Å². The van der Waals surface area contributed by atoms with Crippen molar-refractivity contribution in [2.75, 3.05) is 23.3 Å². The van der Waals surface area contributed by atoms with E-state index in [1.54, 1.807) is 12.1 Å². The Kier molecular flexibility index (Phi) is 7.07. The summed E-state index contributed by atoms with van der Waals surface area (Å²) in [6.45, 7) is 5.94. The molecule has 0 unspecified atom stereocenters. The summed E-state index contributed by atoms with van der Waals surface area (Å²) in [6.07, 6.45) is 0. The summed E-state index contributed by atoms with van der Waals surface area (Å²) in [5.74, 6) is -0.325. The van der Waals surface area contributed by atoms with Gasteiger partial charge in [0.25, 0.3) is 11.6 Å². The fourth-order valence-corrected chi connectivity index (χ4v) is 2.60. The molecule has 27 heavy (non-hydrogen) atoms. The van der Waals surface area contributed by atoms with E-state index in [4.69, 9.17) is 12.2 Å². The van der Waals surface area contributed by atoms with Crippen LogP contribution in [-0.2, 0) is 0 Å². The molecule has 0 aliphatic rings. The molecule has 2 aromatic carbocycles. The van der Waals surface area contributed by atoms with Gasteiger partial charge in [-0.2, -0.15) is 0 Å². The van der Waals surface area contributed by atoms with E-state index in [-0.39, 0.29) is 16.7 Å². The molecule has 2 rings (SSSR count). The van der Waals surface area contributed by atoms with Gasteiger partial charge in [-0.3, -0.25) is 25.8 Å². The van der Waals surface area contributed by atoms with Crippen molar-refractivity contribution in [3.8, 4) is 0 Å². The molecular formula is C18H21N5O3S. The van der Waals surface area contributed by atoms with E-state index in [9.17, 15) is 14.9 Å². The Balaban J connectivity index is 1.87. The van der Waals surface area contributed by atoms with Crippen molar-refractivity contribution in [1.29, 1.82) is 0 Å². The first-order valence-electron chi connectivity index (χ1n) is 8.41. The van der Waals surface area contributed by atoms with Crippen LogP contribution < -0.4 is 21.1 Å². The fraction of sp³-hybridized carbons (Fsp3) is 0.222. The lowest BCUT2D eigenvalue weighted by atomic mass is 10.2. The van der Waals surface area contributed by atoms with E-state index in [1.165, 1.54) is 24.3 Å². The third-order valence-corrected chi connectivity index (χ3v) is 4.09. The van der Waals surface area contributed by atoms with Gasteiger partial charge >= 0.3 is 0 Å². The normalized spacial score (nSPS) is 10.0. The summed E-state index contributed by atoms with van der Waals surface area (Å²) in [7, 11) is 0. The zero-order valence-electron chi connectivity index (χ0n) is 15.1. The molecular weight excluding hydrogens is 366 g/mol. The molecule has 9 heteroatoms. The highest BCUT2D eigenvalue weighted by molar-refractivity contribution is 7.80. The van der Waals surface area contributed by atoms with Crippen LogP contribution in [0.5, 0.6) is 0 Å². The molecule has 0 heterocycles. The lowest BCUT2D eigenvalue weighted by Crippen LogP contribution is -2.43. The number of hydrogen-bond acceptors (Lipinski definition) is 5. The topological polar surface area (TPSA) is 99.5 Å². The minimum absolute atomic E-state index is 0.0131. The van der Waals surface area contributed by atoms with Gasteiger partial charge in [0.05, 0.1) is 4.92 Å². The number of rotatable bonds is 6. The van der Waals surface area contributed by atoms with Gasteiger partial charge in [0, 0.05) is 42.2 Å².